The molecule has 0 aliphatic heterocycles. The van der Waals surface area contributed by atoms with E-state index in [2.05, 4.69) is 5.32 Å². The number of hydrogen-bond donors (Lipinski definition) is 2. The summed E-state index contributed by atoms with van der Waals surface area (Å²) in [6.45, 7) is 2.21. The second kappa shape index (κ2) is 6.79. The second-order valence-electron chi connectivity index (χ2n) is 4.24. The number of rotatable bonds is 6. The monoisotopic (exact) mass is 269 g/mol. The molecule has 0 saturated carbocycles. The summed E-state index contributed by atoms with van der Waals surface area (Å²) in [6.07, 6.45) is 1.31. The van der Waals surface area contributed by atoms with Crippen molar-refractivity contribution < 1.29 is 14.1 Å². The van der Waals surface area contributed by atoms with Crippen molar-refractivity contribution in [3.63, 3.8) is 0 Å². The molecule has 1 unspecified atom stereocenters. The van der Waals surface area contributed by atoms with E-state index in [1.54, 1.807) is 6.92 Å². The Morgan fingerprint density at radius 2 is 2.26 bits per heavy atom. The van der Waals surface area contributed by atoms with Crippen LogP contribution < -0.4 is 11.1 Å². The van der Waals surface area contributed by atoms with Crippen LogP contribution in [0.15, 0.2) is 18.2 Å². The van der Waals surface area contributed by atoms with E-state index in [0.29, 0.717) is 19.4 Å². The van der Waals surface area contributed by atoms with Gasteiger partial charge in [0.05, 0.1) is 16.7 Å². The molecule has 0 aliphatic rings. The Kier molecular flexibility index (Phi) is 5.37. The van der Waals surface area contributed by atoms with Crippen LogP contribution in [-0.4, -0.2) is 17.4 Å². The molecule has 7 heteroatoms. The second-order valence-corrected chi connectivity index (χ2v) is 4.24. The topological polar surface area (TPSA) is 98.3 Å². The van der Waals surface area contributed by atoms with Crippen LogP contribution in [0, 0.1) is 21.8 Å². The van der Waals surface area contributed by atoms with Gasteiger partial charge in [0, 0.05) is 12.0 Å². The van der Waals surface area contributed by atoms with Crippen LogP contribution in [0.25, 0.3) is 0 Å². The molecule has 3 N–H and O–H groups in total. The molecule has 0 fully saturated rings. The lowest BCUT2D eigenvalue weighted by Crippen LogP contribution is -2.21. The van der Waals surface area contributed by atoms with Crippen molar-refractivity contribution in [2.75, 3.05) is 11.9 Å². The molecule has 1 aromatic carbocycles. The van der Waals surface area contributed by atoms with Crippen LogP contribution in [0.1, 0.15) is 19.8 Å². The largest absolute Gasteiger partial charge is 0.330 e. The Bertz CT molecular complexity index is 479. The fourth-order valence-corrected chi connectivity index (χ4v) is 1.53. The van der Waals surface area contributed by atoms with E-state index in [1.165, 1.54) is 6.07 Å². The van der Waals surface area contributed by atoms with Gasteiger partial charge in [-0.15, -0.1) is 0 Å². The van der Waals surface area contributed by atoms with Crippen molar-refractivity contribution in [2.24, 2.45) is 11.7 Å². The molecule has 0 heterocycles. The Balaban J connectivity index is 2.72. The zero-order valence-electron chi connectivity index (χ0n) is 10.6. The first kappa shape index (κ1) is 15.0. The van der Waals surface area contributed by atoms with Crippen molar-refractivity contribution in [1.29, 1.82) is 0 Å². The molecule has 1 amide bonds. The smallest absolute Gasteiger partial charge is 0.272 e. The van der Waals surface area contributed by atoms with Gasteiger partial charge in [-0.3, -0.25) is 14.9 Å². The number of nitro groups is 1. The number of amides is 1. The zero-order valence-corrected chi connectivity index (χ0v) is 10.6. The van der Waals surface area contributed by atoms with E-state index in [1.807, 2.05) is 0 Å². The van der Waals surface area contributed by atoms with E-state index < -0.39 is 10.7 Å². The van der Waals surface area contributed by atoms with E-state index in [0.717, 1.165) is 12.1 Å². The highest BCUT2D eigenvalue weighted by molar-refractivity contribution is 5.92. The maximum absolute atomic E-state index is 13.5. The Morgan fingerprint density at radius 3 is 2.79 bits per heavy atom. The maximum atomic E-state index is 13.5. The van der Waals surface area contributed by atoms with Gasteiger partial charge in [0.25, 0.3) is 5.69 Å². The van der Waals surface area contributed by atoms with Gasteiger partial charge in [-0.05, 0) is 25.5 Å². The number of benzene rings is 1. The number of anilines is 1. The average molecular weight is 269 g/mol. The quantitative estimate of drug-likeness (QED) is 0.610. The fraction of sp³-hybridized carbons (Fsp3) is 0.417. The van der Waals surface area contributed by atoms with Crippen molar-refractivity contribution in [3.05, 3.63) is 34.1 Å². The fourth-order valence-electron chi connectivity index (χ4n) is 1.53. The third-order valence-corrected chi connectivity index (χ3v) is 2.71. The van der Waals surface area contributed by atoms with Crippen LogP contribution in [0.5, 0.6) is 0 Å². The van der Waals surface area contributed by atoms with Crippen LogP contribution in [0.3, 0.4) is 0 Å². The molecule has 0 aromatic heterocycles. The molecular formula is C12H16FN3O3. The average Bonchev–Trinajstić information content (AvgIpc) is 2.37. The lowest BCUT2D eigenvalue weighted by atomic mass is 10.0. The zero-order chi connectivity index (χ0) is 14.4. The Labute approximate surface area is 109 Å². The first-order chi connectivity index (χ1) is 8.95. The molecule has 0 radical (unpaired) electrons. The third-order valence-electron chi connectivity index (χ3n) is 2.71. The summed E-state index contributed by atoms with van der Waals surface area (Å²) in [6, 6.07) is 3.10. The minimum atomic E-state index is -0.825. The number of nitrogens with zero attached hydrogens (tertiary/aromatic N) is 1. The van der Waals surface area contributed by atoms with Crippen LogP contribution in [-0.2, 0) is 4.79 Å². The Hall–Kier alpha value is -2.02. The van der Waals surface area contributed by atoms with Crippen LogP contribution in [0.4, 0.5) is 15.8 Å². The van der Waals surface area contributed by atoms with Gasteiger partial charge in [-0.1, -0.05) is 6.92 Å². The molecule has 0 bridgehead atoms. The number of non-ortho nitro benzene ring substituents is 1. The summed E-state index contributed by atoms with van der Waals surface area (Å²) in [5, 5.41) is 12.9. The molecule has 1 aromatic rings. The maximum Gasteiger partial charge on any atom is 0.272 e. The molecular weight excluding hydrogens is 253 g/mol. The molecule has 0 saturated heterocycles. The highest BCUT2D eigenvalue weighted by Gasteiger charge is 2.16. The normalized spacial score (nSPS) is 11.9. The summed E-state index contributed by atoms with van der Waals surface area (Å²) < 4.78 is 13.5. The van der Waals surface area contributed by atoms with Gasteiger partial charge in [0.1, 0.15) is 0 Å². The van der Waals surface area contributed by atoms with Crippen molar-refractivity contribution in [1.82, 2.24) is 0 Å². The summed E-state index contributed by atoms with van der Waals surface area (Å²) in [7, 11) is 0. The first-order valence-corrected chi connectivity index (χ1v) is 5.90. The number of halogens is 1. The molecule has 1 rings (SSSR count). The summed E-state index contributed by atoms with van der Waals surface area (Å²) >= 11 is 0. The number of nitro benzene ring substituents is 1. The predicted molar refractivity (Wildman–Crippen MR) is 69.1 cm³/mol. The van der Waals surface area contributed by atoms with E-state index >= 15 is 0 Å². The Morgan fingerprint density at radius 1 is 1.58 bits per heavy atom. The van der Waals surface area contributed by atoms with Crippen molar-refractivity contribution >= 4 is 17.3 Å². The summed E-state index contributed by atoms with van der Waals surface area (Å²) in [5.74, 6) is -1.45. The minimum absolute atomic E-state index is 0.0600. The van der Waals surface area contributed by atoms with Crippen LogP contribution >= 0.6 is 0 Å². The standard InChI is InChI=1S/C12H16FN3O3/c1-8(3-2-6-14)12(17)15-11-5-4-9(16(18)19)7-10(11)13/h4-5,7-8H,2-3,6,14H2,1H3,(H,15,17). The molecule has 19 heavy (non-hydrogen) atoms. The number of nitrogens with two attached hydrogens (primary N) is 1. The number of carbonyl (C=O) groups excluding carboxylic acids is 1. The number of nitrogens with one attached hydrogen (secondary N) is 1. The highest BCUT2D eigenvalue weighted by atomic mass is 19.1. The molecule has 0 aliphatic carbocycles. The summed E-state index contributed by atoms with van der Waals surface area (Å²) in [4.78, 5) is 21.5. The molecule has 0 spiro atoms. The number of carbonyl (C=O) groups is 1. The minimum Gasteiger partial charge on any atom is -0.330 e. The number of hydrogen-bond acceptors (Lipinski definition) is 4. The molecule has 6 nitrogen and oxygen atoms in total. The highest BCUT2D eigenvalue weighted by Crippen LogP contribution is 2.21. The van der Waals surface area contributed by atoms with Gasteiger partial charge < -0.3 is 11.1 Å². The van der Waals surface area contributed by atoms with E-state index in [-0.39, 0.29) is 23.2 Å². The van der Waals surface area contributed by atoms with Gasteiger partial charge in [0.2, 0.25) is 5.91 Å². The molecule has 104 valence electrons. The molecule has 1 atom stereocenters. The van der Waals surface area contributed by atoms with Gasteiger partial charge >= 0.3 is 0 Å². The van der Waals surface area contributed by atoms with Gasteiger partial charge in [0.15, 0.2) is 5.82 Å². The summed E-state index contributed by atoms with van der Waals surface area (Å²) in [5.41, 5.74) is 4.93. The SMILES string of the molecule is CC(CCCN)C(=O)Nc1ccc([N+](=O)[O-])cc1F. The third kappa shape index (κ3) is 4.29. The van der Waals surface area contributed by atoms with Crippen molar-refractivity contribution in [3.8, 4) is 0 Å². The lowest BCUT2D eigenvalue weighted by molar-refractivity contribution is -0.385. The van der Waals surface area contributed by atoms with Gasteiger partial charge in [-0.25, -0.2) is 4.39 Å². The van der Waals surface area contributed by atoms with Crippen molar-refractivity contribution in [2.45, 2.75) is 19.8 Å². The lowest BCUT2D eigenvalue weighted by Gasteiger charge is -2.12. The van der Waals surface area contributed by atoms with E-state index in [9.17, 15) is 19.3 Å². The van der Waals surface area contributed by atoms with Gasteiger partial charge in [-0.2, -0.15) is 0 Å². The van der Waals surface area contributed by atoms with Crippen LogP contribution in [0.2, 0.25) is 0 Å². The van der Waals surface area contributed by atoms with E-state index in [4.69, 9.17) is 5.73 Å². The first-order valence-electron chi connectivity index (χ1n) is 5.90. The predicted octanol–water partition coefficient (Wildman–Crippen LogP) is 2.05.